The van der Waals surface area contributed by atoms with Crippen molar-refractivity contribution >= 4 is 15.9 Å². The van der Waals surface area contributed by atoms with E-state index in [1.807, 2.05) is 19.9 Å². The number of hydrogen-bond donors (Lipinski definition) is 1. The molecule has 3 nitrogen and oxygen atoms in total. The van der Waals surface area contributed by atoms with E-state index in [4.69, 9.17) is 10.5 Å². The van der Waals surface area contributed by atoms with Crippen molar-refractivity contribution in [3.05, 3.63) is 34.1 Å². The molecule has 0 aromatic heterocycles. The molecule has 0 saturated carbocycles. The molecule has 2 rings (SSSR count). The van der Waals surface area contributed by atoms with E-state index >= 15 is 0 Å². The van der Waals surface area contributed by atoms with E-state index in [2.05, 4.69) is 20.8 Å². The first-order valence-corrected chi connectivity index (χ1v) is 7.35. The Labute approximate surface area is 122 Å². The third-order valence-electron chi connectivity index (χ3n) is 3.43. The fraction of sp³-hybridized carbons (Fsp3) is 0.571. The van der Waals surface area contributed by atoms with E-state index in [1.165, 1.54) is 6.07 Å². The zero-order valence-corrected chi connectivity index (χ0v) is 12.9. The number of nitrogens with zero attached hydrogens (tertiary/aromatic N) is 1. The van der Waals surface area contributed by atoms with Gasteiger partial charge in [0.25, 0.3) is 0 Å². The molecule has 1 aliphatic heterocycles. The first-order valence-electron chi connectivity index (χ1n) is 6.55. The highest BCUT2D eigenvalue weighted by Gasteiger charge is 2.29. The van der Waals surface area contributed by atoms with Crippen LogP contribution in [0.15, 0.2) is 22.7 Å². The van der Waals surface area contributed by atoms with Crippen LogP contribution in [0.1, 0.15) is 25.5 Å². The maximum Gasteiger partial charge on any atom is 0.128 e. The number of benzene rings is 1. The lowest BCUT2D eigenvalue weighted by molar-refractivity contribution is -0.0802. The Morgan fingerprint density at radius 2 is 2.05 bits per heavy atom. The Kier molecular flexibility index (Phi) is 4.95. The second-order valence-corrected chi connectivity index (χ2v) is 6.04. The van der Waals surface area contributed by atoms with Crippen LogP contribution in [0.2, 0.25) is 0 Å². The van der Waals surface area contributed by atoms with Crippen LogP contribution in [0.5, 0.6) is 0 Å². The lowest BCUT2D eigenvalue weighted by atomic mass is 10.0. The van der Waals surface area contributed by atoms with Gasteiger partial charge in [-0.2, -0.15) is 0 Å². The van der Waals surface area contributed by atoms with E-state index < -0.39 is 0 Å². The summed E-state index contributed by atoms with van der Waals surface area (Å²) in [6.07, 6.45) is 0.293. The molecule has 1 saturated heterocycles. The summed E-state index contributed by atoms with van der Waals surface area (Å²) in [7, 11) is 0. The van der Waals surface area contributed by atoms with Crippen molar-refractivity contribution in [2.45, 2.75) is 32.1 Å². The lowest BCUT2D eigenvalue weighted by Crippen LogP contribution is -2.48. The number of halogens is 2. The van der Waals surface area contributed by atoms with Crippen LogP contribution >= 0.6 is 15.9 Å². The largest absolute Gasteiger partial charge is 0.373 e. The molecule has 1 heterocycles. The third kappa shape index (κ3) is 3.54. The maximum absolute atomic E-state index is 14.0. The molecule has 0 amide bonds. The SMILES string of the molecule is C[C@@H]1CN(C(CN)c2cc(Br)ccc2F)C[C@H](C)O1. The van der Waals surface area contributed by atoms with Crippen molar-refractivity contribution in [2.24, 2.45) is 5.73 Å². The van der Waals surface area contributed by atoms with Gasteiger partial charge in [0.15, 0.2) is 0 Å². The molecule has 1 aromatic rings. The Bertz CT molecular complexity index is 433. The van der Waals surface area contributed by atoms with Gasteiger partial charge in [0.2, 0.25) is 0 Å². The van der Waals surface area contributed by atoms with Crippen LogP contribution in [0.4, 0.5) is 4.39 Å². The molecule has 0 radical (unpaired) electrons. The number of hydrogen-bond acceptors (Lipinski definition) is 3. The molecule has 5 heteroatoms. The minimum absolute atomic E-state index is 0.105. The predicted octanol–water partition coefficient (Wildman–Crippen LogP) is 2.70. The van der Waals surface area contributed by atoms with Crippen LogP contribution in [0.25, 0.3) is 0 Å². The number of ether oxygens (including phenoxy) is 1. The zero-order chi connectivity index (χ0) is 14.0. The Morgan fingerprint density at radius 3 is 2.63 bits per heavy atom. The summed E-state index contributed by atoms with van der Waals surface area (Å²) in [5, 5.41) is 0. The summed E-state index contributed by atoms with van der Waals surface area (Å²) < 4.78 is 20.6. The van der Waals surface area contributed by atoms with E-state index in [0.717, 1.165) is 17.6 Å². The van der Waals surface area contributed by atoms with Crippen molar-refractivity contribution in [3.63, 3.8) is 0 Å². The Hall–Kier alpha value is -0.490. The molecule has 2 N–H and O–H groups in total. The van der Waals surface area contributed by atoms with Crippen molar-refractivity contribution < 1.29 is 9.13 Å². The van der Waals surface area contributed by atoms with Crippen molar-refractivity contribution in [2.75, 3.05) is 19.6 Å². The van der Waals surface area contributed by atoms with Gasteiger partial charge >= 0.3 is 0 Å². The van der Waals surface area contributed by atoms with Crippen LogP contribution in [0, 0.1) is 5.82 Å². The molecule has 3 atom stereocenters. The molecular formula is C14H20BrFN2O. The van der Waals surface area contributed by atoms with Crippen LogP contribution < -0.4 is 5.73 Å². The molecule has 106 valence electrons. The first kappa shape index (κ1) is 14.9. The summed E-state index contributed by atoms with van der Waals surface area (Å²) in [6, 6.07) is 4.90. The minimum atomic E-state index is -0.203. The van der Waals surface area contributed by atoms with Gasteiger partial charge in [-0.3, -0.25) is 4.90 Å². The standard InChI is InChI=1S/C14H20BrFN2O/c1-9-7-18(8-10(2)19-9)14(6-17)12-5-11(15)3-4-13(12)16/h3-5,9-10,14H,6-8,17H2,1-2H3/t9-,10+,14?. The summed E-state index contributed by atoms with van der Waals surface area (Å²) in [4.78, 5) is 2.21. The summed E-state index contributed by atoms with van der Waals surface area (Å²) in [6.45, 7) is 6.02. The fourth-order valence-electron chi connectivity index (χ4n) is 2.71. The molecule has 1 aromatic carbocycles. The zero-order valence-electron chi connectivity index (χ0n) is 11.3. The molecule has 0 spiro atoms. The third-order valence-corrected chi connectivity index (χ3v) is 3.92. The predicted molar refractivity (Wildman–Crippen MR) is 77.5 cm³/mol. The van der Waals surface area contributed by atoms with Gasteiger partial charge < -0.3 is 10.5 Å². The van der Waals surface area contributed by atoms with E-state index in [1.54, 1.807) is 6.07 Å². The van der Waals surface area contributed by atoms with Crippen LogP contribution in [0.3, 0.4) is 0 Å². The quantitative estimate of drug-likeness (QED) is 0.926. The minimum Gasteiger partial charge on any atom is -0.373 e. The highest BCUT2D eigenvalue weighted by Crippen LogP contribution is 2.28. The van der Waals surface area contributed by atoms with Crippen LogP contribution in [-0.4, -0.2) is 36.7 Å². The van der Waals surface area contributed by atoms with Gasteiger partial charge in [-0.15, -0.1) is 0 Å². The molecule has 1 unspecified atom stereocenters. The van der Waals surface area contributed by atoms with Gasteiger partial charge in [-0.05, 0) is 32.0 Å². The molecular weight excluding hydrogens is 311 g/mol. The molecule has 0 aliphatic carbocycles. The second kappa shape index (κ2) is 6.31. The topological polar surface area (TPSA) is 38.5 Å². The van der Waals surface area contributed by atoms with Crippen molar-refractivity contribution in [1.29, 1.82) is 0 Å². The summed E-state index contributed by atoms with van der Waals surface area (Å²) in [5.74, 6) is -0.203. The molecule has 1 fully saturated rings. The van der Waals surface area contributed by atoms with Crippen molar-refractivity contribution in [1.82, 2.24) is 4.90 Å². The van der Waals surface area contributed by atoms with Crippen LogP contribution in [-0.2, 0) is 4.74 Å². The van der Waals surface area contributed by atoms with Gasteiger partial charge in [0, 0.05) is 29.7 Å². The normalized spacial score (nSPS) is 26.4. The van der Waals surface area contributed by atoms with Gasteiger partial charge in [0.1, 0.15) is 5.82 Å². The average molecular weight is 331 g/mol. The molecule has 0 bridgehead atoms. The molecule has 19 heavy (non-hydrogen) atoms. The number of nitrogens with two attached hydrogens (primary N) is 1. The lowest BCUT2D eigenvalue weighted by Gasteiger charge is -2.40. The van der Waals surface area contributed by atoms with Gasteiger partial charge in [-0.25, -0.2) is 4.39 Å². The van der Waals surface area contributed by atoms with Gasteiger partial charge in [0.05, 0.1) is 18.2 Å². The van der Waals surface area contributed by atoms with E-state index in [9.17, 15) is 4.39 Å². The number of rotatable bonds is 3. The Morgan fingerprint density at radius 1 is 1.42 bits per heavy atom. The summed E-state index contributed by atoms with van der Waals surface area (Å²) in [5.41, 5.74) is 6.53. The average Bonchev–Trinajstić information content (AvgIpc) is 2.33. The van der Waals surface area contributed by atoms with Crippen molar-refractivity contribution in [3.8, 4) is 0 Å². The van der Waals surface area contributed by atoms with Gasteiger partial charge in [-0.1, -0.05) is 15.9 Å². The van der Waals surface area contributed by atoms with E-state index in [-0.39, 0.29) is 24.1 Å². The number of morpholine rings is 1. The summed E-state index contributed by atoms with van der Waals surface area (Å²) >= 11 is 3.39. The first-order chi connectivity index (χ1) is 9.01. The Balaban J connectivity index is 2.26. The monoisotopic (exact) mass is 330 g/mol. The highest BCUT2D eigenvalue weighted by molar-refractivity contribution is 9.10. The maximum atomic E-state index is 14.0. The highest BCUT2D eigenvalue weighted by atomic mass is 79.9. The van der Waals surface area contributed by atoms with E-state index in [0.29, 0.717) is 12.1 Å². The smallest absolute Gasteiger partial charge is 0.128 e. The molecule has 1 aliphatic rings. The fourth-order valence-corrected chi connectivity index (χ4v) is 3.09. The second-order valence-electron chi connectivity index (χ2n) is 5.13.